The molecular formula is C20H32N6O3. The fourth-order valence-electron chi connectivity index (χ4n) is 2.91. The molecule has 1 aliphatic heterocycles. The molecule has 2 aliphatic rings. The van der Waals surface area contributed by atoms with Crippen LogP contribution >= 0.6 is 0 Å². The summed E-state index contributed by atoms with van der Waals surface area (Å²) in [6.07, 6.45) is 8.59. The maximum Gasteiger partial charge on any atom is 0.167 e. The highest BCUT2D eigenvalue weighted by atomic mass is 16.5. The molecule has 9 heteroatoms. The summed E-state index contributed by atoms with van der Waals surface area (Å²) >= 11 is 0. The second-order valence-corrected chi connectivity index (χ2v) is 7.07. The second kappa shape index (κ2) is 11.5. The lowest BCUT2D eigenvalue weighted by atomic mass is 10.2. The van der Waals surface area contributed by atoms with E-state index in [4.69, 9.17) is 21.4 Å². The zero-order chi connectivity index (χ0) is 21.2. The van der Waals surface area contributed by atoms with Crippen molar-refractivity contribution in [2.45, 2.75) is 25.3 Å². The molecule has 0 aromatic carbocycles. The number of aromatic nitrogens is 2. The quantitative estimate of drug-likeness (QED) is 0.284. The van der Waals surface area contributed by atoms with Crippen LogP contribution in [0.3, 0.4) is 0 Å². The number of hydrogen-bond donors (Lipinski definition) is 3. The van der Waals surface area contributed by atoms with Crippen LogP contribution < -0.4 is 11.6 Å². The average Bonchev–Trinajstić information content (AvgIpc) is 3.50. The second-order valence-electron chi connectivity index (χ2n) is 7.07. The summed E-state index contributed by atoms with van der Waals surface area (Å²) < 4.78 is 7.12. The highest BCUT2D eigenvalue weighted by Gasteiger charge is 2.23. The number of nitrogens with zero attached hydrogens (tertiary/aromatic N) is 4. The first-order valence-electron chi connectivity index (χ1n) is 9.67. The predicted octanol–water partition coefficient (Wildman–Crippen LogP) is 0.443. The van der Waals surface area contributed by atoms with E-state index in [-0.39, 0.29) is 5.70 Å². The summed E-state index contributed by atoms with van der Waals surface area (Å²) in [5, 5.41) is 8.35. The standard InChI is InChI=1S/C14H17N5O.C5H11NO.CH4O/c15-12(9-20)6-19(16)8-13-7-18-5-11(10-1-2-10)3-4-14(18)17-13;1-6-2-4-7-5-3-6;1-2/h3-7,9-10H,1-2,8,15-16H2;2-5H2,1H3;2H,1H3/b12-6-;;. The van der Waals surface area contributed by atoms with Gasteiger partial charge in [0.05, 0.1) is 31.1 Å². The van der Waals surface area contributed by atoms with Gasteiger partial charge < -0.3 is 29.9 Å². The molecule has 1 aliphatic carbocycles. The fraction of sp³-hybridized carbons (Fsp3) is 0.500. The van der Waals surface area contributed by atoms with Crippen LogP contribution in [0.5, 0.6) is 0 Å². The molecule has 0 unspecified atom stereocenters. The minimum Gasteiger partial charge on any atom is -0.400 e. The van der Waals surface area contributed by atoms with Gasteiger partial charge in [-0.15, -0.1) is 0 Å². The van der Waals surface area contributed by atoms with E-state index >= 15 is 0 Å². The van der Waals surface area contributed by atoms with Crippen molar-refractivity contribution in [1.82, 2.24) is 19.3 Å². The molecule has 9 nitrogen and oxygen atoms in total. The van der Waals surface area contributed by atoms with Crippen LogP contribution in [0.25, 0.3) is 5.65 Å². The largest absolute Gasteiger partial charge is 0.400 e. The average molecular weight is 405 g/mol. The number of carbonyl (C=O) groups excluding carboxylic acids is 1. The molecule has 160 valence electrons. The monoisotopic (exact) mass is 404 g/mol. The van der Waals surface area contributed by atoms with Crippen LogP contribution in [0.4, 0.5) is 0 Å². The molecule has 2 aromatic heterocycles. The normalized spacial score (nSPS) is 17.0. The van der Waals surface area contributed by atoms with Crippen molar-refractivity contribution in [3.05, 3.63) is 47.7 Å². The molecule has 1 saturated heterocycles. The van der Waals surface area contributed by atoms with Crippen molar-refractivity contribution in [2.24, 2.45) is 11.6 Å². The topological polar surface area (TPSA) is 122 Å². The van der Waals surface area contributed by atoms with E-state index in [9.17, 15) is 4.79 Å². The number of allylic oxidation sites excluding steroid dienone is 1. The first-order chi connectivity index (χ1) is 14.0. The SMILES string of the molecule is CN1CCOCC1.CO.N/C(C=O)=C\N(N)Cc1cn2cc(C3CC3)ccc2n1. The minimum atomic E-state index is 0.0901. The highest BCUT2D eigenvalue weighted by molar-refractivity contribution is 5.71. The summed E-state index contributed by atoms with van der Waals surface area (Å²) in [6.45, 7) is 4.42. The smallest absolute Gasteiger partial charge is 0.167 e. The van der Waals surface area contributed by atoms with E-state index in [0.717, 1.165) is 44.8 Å². The number of likely N-dealkylation sites (N-methyl/N-ethyl adjacent to an activating group) is 1. The van der Waals surface area contributed by atoms with E-state index in [1.165, 1.54) is 29.6 Å². The lowest BCUT2D eigenvalue weighted by Gasteiger charge is -2.21. The lowest BCUT2D eigenvalue weighted by Crippen LogP contribution is -2.32. The molecule has 1 saturated carbocycles. The van der Waals surface area contributed by atoms with Gasteiger partial charge in [0, 0.05) is 38.8 Å². The third kappa shape index (κ3) is 7.47. The van der Waals surface area contributed by atoms with Crippen molar-refractivity contribution in [1.29, 1.82) is 0 Å². The number of imidazole rings is 1. The van der Waals surface area contributed by atoms with Gasteiger partial charge in [-0.05, 0) is 37.4 Å². The molecule has 5 N–H and O–H groups in total. The summed E-state index contributed by atoms with van der Waals surface area (Å²) in [6, 6.07) is 4.15. The van der Waals surface area contributed by atoms with Crippen LogP contribution in [0, 0.1) is 0 Å². The third-order valence-corrected chi connectivity index (χ3v) is 4.60. The molecule has 2 fully saturated rings. The number of carbonyl (C=O) groups is 1. The van der Waals surface area contributed by atoms with Crippen LogP contribution in [0.15, 0.2) is 36.4 Å². The number of aldehydes is 1. The molecule has 29 heavy (non-hydrogen) atoms. The van der Waals surface area contributed by atoms with Crippen molar-refractivity contribution in [3.63, 3.8) is 0 Å². The fourth-order valence-corrected chi connectivity index (χ4v) is 2.91. The third-order valence-electron chi connectivity index (χ3n) is 4.60. The molecule has 0 amide bonds. The molecular weight excluding hydrogens is 372 g/mol. The molecule has 0 spiro atoms. The molecule has 0 bridgehead atoms. The van der Waals surface area contributed by atoms with Gasteiger partial charge in [-0.3, -0.25) is 4.79 Å². The Labute approximate surface area is 171 Å². The van der Waals surface area contributed by atoms with E-state index in [1.807, 2.05) is 16.7 Å². The number of nitrogens with two attached hydrogens (primary N) is 2. The van der Waals surface area contributed by atoms with Crippen molar-refractivity contribution < 1.29 is 14.6 Å². The van der Waals surface area contributed by atoms with Crippen molar-refractivity contribution >= 4 is 11.9 Å². The zero-order valence-electron chi connectivity index (χ0n) is 17.2. The number of ether oxygens (including phenoxy) is 1. The maximum absolute atomic E-state index is 10.4. The molecule has 3 heterocycles. The Hall–Kier alpha value is -2.46. The number of pyridine rings is 1. The Morgan fingerprint density at radius 1 is 1.31 bits per heavy atom. The van der Waals surface area contributed by atoms with Gasteiger partial charge in [0.2, 0.25) is 0 Å². The number of hydrogen-bond acceptors (Lipinski definition) is 8. The maximum atomic E-state index is 10.4. The molecule has 2 aromatic rings. The van der Waals surface area contributed by atoms with E-state index in [2.05, 4.69) is 29.2 Å². The van der Waals surface area contributed by atoms with E-state index < -0.39 is 0 Å². The number of morpholine rings is 1. The number of aliphatic hydroxyl groups excluding tert-OH is 1. The van der Waals surface area contributed by atoms with Crippen molar-refractivity contribution in [3.8, 4) is 0 Å². The number of aliphatic hydroxyl groups is 1. The van der Waals surface area contributed by atoms with Gasteiger partial charge in [0.1, 0.15) is 5.65 Å². The Morgan fingerprint density at radius 3 is 2.55 bits per heavy atom. The van der Waals surface area contributed by atoms with Gasteiger partial charge in [-0.1, -0.05) is 6.07 Å². The van der Waals surface area contributed by atoms with Crippen LogP contribution in [0.1, 0.15) is 30.0 Å². The minimum absolute atomic E-state index is 0.0901. The lowest BCUT2D eigenvalue weighted by molar-refractivity contribution is -0.105. The Balaban J connectivity index is 0.000000280. The summed E-state index contributed by atoms with van der Waals surface area (Å²) in [5.74, 6) is 6.48. The van der Waals surface area contributed by atoms with Crippen molar-refractivity contribution in [2.75, 3.05) is 40.5 Å². The molecule has 0 atom stereocenters. The zero-order valence-corrected chi connectivity index (χ0v) is 17.2. The molecule has 0 radical (unpaired) electrons. The predicted molar refractivity (Wildman–Crippen MR) is 112 cm³/mol. The van der Waals surface area contributed by atoms with Crippen LogP contribution in [-0.4, -0.2) is 71.1 Å². The van der Waals surface area contributed by atoms with Crippen LogP contribution in [-0.2, 0) is 16.1 Å². The van der Waals surface area contributed by atoms with E-state index in [1.54, 1.807) is 0 Å². The summed E-state index contributed by atoms with van der Waals surface area (Å²) in [7, 11) is 3.11. The first kappa shape index (κ1) is 22.8. The number of hydrazine groups is 1. The highest BCUT2D eigenvalue weighted by Crippen LogP contribution is 2.39. The first-order valence-corrected chi connectivity index (χ1v) is 9.67. The Kier molecular flexibility index (Phi) is 9.07. The molecule has 4 rings (SSSR count). The van der Waals surface area contributed by atoms with Gasteiger partial charge in [-0.2, -0.15) is 0 Å². The van der Waals surface area contributed by atoms with Gasteiger partial charge in [0.15, 0.2) is 6.29 Å². The van der Waals surface area contributed by atoms with Gasteiger partial charge >= 0.3 is 0 Å². The van der Waals surface area contributed by atoms with Crippen LogP contribution in [0.2, 0.25) is 0 Å². The van der Waals surface area contributed by atoms with Gasteiger partial charge in [0.25, 0.3) is 0 Å². The van der Waals surface area contributed by atoms with Gasteiger partial charge in [-0.25, -0.2) is 10.8 Å². The summed E-state index contributed by atoms with van der Waals surface area (Å²) in [4.78, 5) is 17.2. The Bertz CT molecular complexity index is 797. The Morgan fingerprint density at radius 2 is 2.00 bits per heavy atom. The number of rotatable bonds is 5. The summed E-state index contributed by atoms with van der Waals surface area (Å²) in [5.41, 5.74) is 8.58. The number of fused-ring (bicyclic) bond motifs is 1. The van der Waals surface area contributed by atoms with E-state index in [0.29, 0.717) is 18.7 Å².